The third kappa shape index (κ3) is 3.58. The molecule has 2 aromatic carbocycles. The number of phenols is 1. The summed E-state index contributed by atoms with van der Waals surface area (Å²) in [6.45, 7) is 2.34. The summed E-state index contributed by atoms with van der Waals surface area (Å²) in [5, 5.41) is 21.9. The largest absolute Gasteiger partial charge is 0.508 e. The van der Waals surface area contributed by atoms with Crippen LogP contribution in [0.25, 0.3) is 0 Å². The molecule has 0 aliphatic carbocycles. The van der Waals surface area contributed by atoms with Gasteiger partial charge in [0.15, 0.2) is 3.95 Å². The summed E-state index contributed by atoms with van der Waals surface area (Å²) in [6.07, 6.45) is 0. The first kappa shape index (κ1) is 22.6. The molecule has 5 rings (SSSR count). The van der Waals surface area contributed by atoms with Crippen molar-refractivity contribution in [1.29, 1.82) is 0 Å². The van der Waals surface area contributed by atoms with Crippen LogP contribution in [-0.4, -0.2) is 38.7 Å². The third-order valence-electron chi connectivity index (χ3n) is 5.79. The lowest BCUT2D eigenvalue weighted by Gasteiger charge is -2.30. The number of H-pyrrole nitrogens is 1. The van der Waals surface area contributed by atoms with E-state index in [-0.39, 0.29) is 17.0 Å². The van der Waals surface area contributed by atoms with Crippen molar-refractivity contribution in [3.8, 4) is 11.5 Å². The zero-order chi connectivity index (χ0) is 24.1. The maximum absolute atomic E-state index is 13.7. The molecule has 0 radical (unpaired) electrons. The Morgan fingerprint density at radius 3 is 2.62 bits per heavy atom. The number of hydrogen-bond donors (Lipinski definition) is 2. The molecule has 0 saturated carbocycles. The SMILES string of the molecule is CCOc1ccc(N2C(=O)[C@@H]3[C@H](c4cc([N+](=O)[O-])ccc4O)c4sc(=S)[nH]c4S[C@H]3C2=O)cc1. The third-order valence-corrected chi connectivity index (χ3v) is 8.54. The molecule has 1 saturated heterocycles. The van der Waals surface area contributed by atoms with Crippen LogP contribution in [0.4, 0.5) is 11.4 Å². The molecule has 12 heteroatoms. The number of fused-ring (bicyclic) bond motifs is 2. The van der Waals surface area contributed by atoms with Crippen LogP contribution in [0, 0.1) is 20.0 Å². The summed E-state index contributed by atoms with van der Waals surface area (Å²) >= 11 is 7.75. The lowest BCUT2D eigenvalue weighted by molar-refractivity contribution is -0.385. The Bertz CT molecular complexity index is 1380. The van der Waals surface area contributed by atoms with Crippen molar-refractivity contribution in [2.24, 2.45) is 5.92 Å². The molecular weight excluding hydrogens is 498 g/mol. The number of nitrogens with one attached hydrogen (secondary N) is 1. The highest BCUT2D eigenvalue weighted by Crippen LogP contribution is 2.55. The Morgan fingerprint density at radius 1 is 1.21 bits per heavy atom. The number of imide groups is 1. The number of carbonyl (C=O) groups excluding carboxylic acids is 2. The van der Waals surface area contributed by atoms with Crippen molar-refractivity contribution in [1.82, 2.24) is 4.98 Å². The molecule has 2 N–H and O–H groups in total. The number of hydrogen-bond acceptors (Lipinski definition) is 9. The average molecular weight is 516 g/mol. The molecule has 3 atom stereocenters. The summed E-state index contributed by atoms with van der Waals surface area (Å²) in [4.78, 5) is 42.9. The average Bonchev–Trinajstić information content (AvgIpc) is 3.30. The van der Waals surface area contributed by atoms with Crippen molar-refractivity contribution in [3.63, 3.8) is 0 Å². The summed E-state index contributed by atoms with van der Waals surface area (Å²) in [7, 11) is 0. The van der Waals surface area contributed by atoms with Crippen molar-refractivity contribution < 1.29 is 24.4 Å². The second-order valence-corrected chi connectivity index (χ2v) is 10.6. The molecule has 9 nitrogen and oxygen atoms in total. The summed E-state index contributed by atoms with van der Waals surface area (Å²) in [6, 6.07) is 10.4. The fourth-order valence-corrected chi connectivity index (χ4v) is 7.32. The number of nitro groups is 1. The molecule has 3 heterocycles. The van der Waals surface area contributed by atoms with Crippen LogP contribution in [0.15, 0.2) is 47.5 Å². The number of amides is 2. The maximum atomic E-state index is 13.7. The number of benzene rings is 2. The van der Waals surface area contributed by atoms with Gasteiger partial charge in [0, 0.05) is 28.5 Å². The number of non-ortho nitro benzene ring substituents is 1. The number of ether oxygens (including phenoxy) is 1. The summed E-state index contributed by atoms with van der Waals surface area (Å²) in [5.41, 5.74) is 0.404. The molecule has 2 aliphatic heterocycles. The Labute approximate surface area is 206 Å². The quantitative estimate of drug-likeness (QED) is 0.218. The van der Waals surface area contributed by atoms with Crippen LogP contribution in [0.5, 0.6) is 11.5 Å². The van der Waals surface area contributed by atoms with Gasteiger partial charge >= 0.3 is 0 Å². The minimum absolute atomic E-state index is 0.189. The van der Waals surface area contributed by atoms with Gasteiger partial charge in [-0.25, -0.2) is 4.90 Å². The second kappa shape index (κ2) is 8.53. The van der Waals surface area contributed by atoms with E-state index in [4.69, 9.17) is 17.0 Å². The number of rotatable bonds is 5. The number of aromatic amines is 1. The van der Waals surface area contributed by atoms with Crippen LogP contribution in [0.2, 0.25) is 0 Å². The van der Waals surface area contributed by atoms with E-state index in [1.807, 2.05) is 6.92 Å². The summed E-state index contributed by atoms with van der Waals surface area (Å²) in [5.74, 6) is -2.05. The fourth-order valence-electron chi connectivity index (χ4n) is 4.37. The van der Waals surface area contributed by atoms with E-state index in [2.05, 4.69) is 4.98 Å². The zero-order valence-electron chi connectivity index (χ0n) is 17.6. The minimum Gasteiger partial charge on any atom is -0.508 e. The number of phenolic OH excluding ortho intramolecular Hbond substituents is 1. The van der Waals surface area contributed by atoms with Crippen LogP contribution >= 0.6 is 35.3 Å². The van der Waals surface area contributed by atoms with E-state index in [0.29, 0.717) is 31.9 Å². The fraction of sp³-hybridized carbons (Fsp3) is 0.227. The first-order valence-electron chi connectivity index (χ1n) is 10.3. The lowest BCUT2D eigenvalue weighted by Crippen LogP contribution is -2.32. The standard InChI is InChI=1S/C22H17N3O6S3/c1-2-31-12-6-3-10(4-7-12)24-20(27)16-15(13-9-11(25(29)30)5-8-14(13)26)17-19(23-22(32)34-17)33-18(16)21(24)28/h3-9,15-16,18,26H,2H2,1H3,(H,23,32)/t15-,16+,18+/m0/s1. The number of thioether (sulfide) groups is 1. The zero-order valence-corrected chi connectivity index (χ0v) is 20.0. The molecular formula is C22H17N3O6S3. The predicted octanol–water partition coefficient (Wildman–Crippen LogP) is 4.61. The highest BCUT2D eigenvalue weighted by molar-refractivity contribution is 8.01. The number of thiazole rings is 1. The number of anilines is 1. The van der Waals surface area contributed by atoms with E-state index < -0.39 is 33.8 Å². The van der Waals surface area contributed by atoms with Gasteiger partial charge in [0.05, 0.1) is 28.2 Å². The van der Waals surface area contributed by atoms with Gasteiger partial charge in [-0.15, -0.1) is 11.3 Å². The van der Waals surface area contributed by atoms with Crippen LogP contribution in [-0.2, 0) is 9.59 Å². The van der Waals surface area contributed by atoms with Gasteiger partial charge < -0.3 is 14.8 Å². The molecule has 0 bridgehead atoms. The number of carbonyl (C=O) groups is 2. The number of nitro benzene ring substituents is 1. The number of aromatic hydroxyl groups is 1. The van der Waals surface area contributed by atoms with Crippen LogP contribution < -0.4 is 9.64 Å². The topological polar surface area (TPSA) is 126 Å². The smallest absolute Gasteiger partial charge is 0.269 e. The van der Waals surface area contributed by atoms with Crippen LogP contribution in [0.3, 0.4) is 0 Å². The van der Waals surface area contributed by atoms with Gasteiger partial charge in [0.2, 0.25) is 11.8 Å². The maximum Gasteiger partial charge on any atom is 0.269 e. The van der Waals surface area contributed by atoms with E-state index in [1.54, 1.807) is 24.3 Å². The normalized spacial score (nSPS) is 21.3. The molecule has 174 valence electrons. The summed E-state index contributed by atoms with van der Waals surface area (Å²) < 4.78 is 5.90. The molecule has 34 heavy (non-hydrogen) atoms. The minimum atomic E-state index is -0.870. The Balaban J connectivity index is 1.63. The van der Waals surface area contributed by atoms with Gasteiger partial charge in [0.25, 0.3) is 5.69 Å². The molecule has 0 spiro atoms. The van der Waals surface area contributed by atoms with Gasteiger partial charge in [-0.3, -0.25) is 19.7 Å². The predicted molar refractivity (Wildman–Crippen MR) is 129 cm³/mol. The first-order chi connectivity index (χ1) is 16.3. The van der Waals surface area contributed by atoms with E-state index in [1.165, 1.54) is 41.3 Å². The first-order valence-corrected chi connectivity index (χ1v) is 12.4. The van der Waals surface area contributed by atoms with E-state index in [9.17, 15) is 24.8 Å². The van der Waals surface area contributed by atoms with Gasteiger partial charge in [-0.2, -0.15) is 0 Å². The highest BCUT2D eigenvalue weighted by Gasteiger charge is 2.56. The second-order valence-electron chi connectivity index (χ2n) is 7.69. The van der Waals surface area contributed by atoms with Crippen molar-refractivity contribution in [2.45, 2.75) is 23.1 Å². The molecule has 1 aromatic heterocycles. The van der Waals surface area contributed by atoms with Gasteiger partial charge in [0.1, 0.15) is 16.7 Å². The van der Waals surface area contributed by atoms with Crippen molar-refractivity contribution in [2.75, 3.05) is 11.5 Å². The molecule has 2 aliphatic rings. The monoisotopic (exact) mass is 515 g/mol. The Hall–Kier alpha value is -3.22. The van der Waals surface area contributed by atoms with Crippen molar-refractivity contribution >= 4 is 58.5 Å². The van der Waals surface area contributed by atoms with Crippen LogP contribution in [0.1, 0.15) is 23.3 Å². The molecule has 2 amide bonds. The molecule has 0 unspecified atom stereocenters. The number of aromatic nitrogens is 1. The Morgan fingerprint density at radius 2 is 1.94 bits per heavy atom. The molecule has 3 aromatic rings. The van der Waals surface area contributed by atoms with Crippen molar-refractivity contribution in [3.05, 3.63) is 67.0 Å². The Kier molecular flexibility index (Phi) is 5.66. The molecule has 1 fully saturated rings. The lowest BCUT2D eigenvalue weighted by atomic mass is 9.82. The van der Waals surface area contributed by atoms with Gasteiger partial charge in [-0.05, 0) is 49.5 Å². The van der Waals surface area contributed by atoms with E-state index in [0.717, 1.165) is 4.90 Å². The number of nitrogens with zero attached hydrogens (tertiary/aromatic N) is 2. The van der Waals surface area contributed by atoms with E-state index >= 15 is 0 Å². The highest BCUT2D eigenvalue weighted by atomic mass is 32.2. The van der Waals surface area contributed by atoms with Gasteiger partial charge in [-0.1, -0.05) is 11.8 Å².